The molecule has 62 valence electrons. The standard InChI is InChI=1S/FH3O7P2/c1-7-10(5,6)8-9(2,3)4/h(H,5,6)(H2,2,3,4). The van der Waals surface area contributed by atoms with Gasteiger partial charge in [-0.25, -0.2) is 9.13 Å². The highest BCUT2D eigenvalue weighted by Crippen LogP contribution is 2.57. The second kappa shape index (κ2) is 3.06. The highest BCUT2D eigenvalue weighted by atomic mass is 31.3. The molecule has 0 saturated heterocycles. The van der Waals surface area contributed by atoms with E-state index >= 15 is 0 Å². The second-order valence-electron chi connectivity index (χ2n) is 1.11. The summed E-state index contributed by atoms with van der Waals surface area (Å²) in [4.78, 5) is 23.5. The smallest absolute Gasteiger partial charge is 0.302 e. The number of halogens is 1. The Morgan fingerprint density at radius 3 is 1.70 bits per heavy atom. The Balaban J connectivity index is 4.17. The largest absolute Gasteiger partial charge is 0.512 e. The molecule has 3 N–H and O–H groups in total. The van der Waals surface area contributed by atoms with Gasteiger partial charge in [-0.2, -0.15) is 4.31 Å². The third-order valence-electron chi connectivity index (χ3n) is 0.297. The van der Waals surface area contributed by atoms with Crippen molar-refractivity contribution in [3.63, 3.8) is 0 Å². The summed E-state index contributed by atoms with van der Waals surface area (Å²) in [5, 5.41) is 0. The van der Waals surface area contributed by atoms with E-state index in [2.05, 4.69) is 9.04 Å². The van der Waals surface area contributed by atoms with Gasteiger partial charge in [0.25, 0.3) is 0 Å². The van der Waals surface area contributed by atoms with Gasteiger partial charge in [0, 0.05) is 0 Å². The Labute approximate surface area is 54.1 Å². The maximum Gasteiger partial charge on any atom is 0.512 e. The summed E-state index contributed by atoms with van der Waals surface area (Å²) in [6.07, 6.45) is 0. The topological polar surface area (TPSA) is 113 Å². The molecule has 0 aliphatic rings. The van der Waals surface area contributed by atoms with E-state index in [1.807, 2.05) is 0 Å². The van der Waals surface area contributed by atoms with Crippen LogP contribution in [0.5, 0.6) is 0 Å². The van der Waals surface area contributed by atoms with Crippen molar-refractivity contribution < 1.29 is 37.4 Å². The quantitative estimate of drug-likeness (QED) is 0.548. The molecule has 0 radical (unpaired) electrons. The van der Waals surface area contributed by atoms with Gasteiger partial charge < -0.3 is 14.7 Å². The Bertz CT molecular complexity index is 190. The zero-order valence-corrected chi connectivity index (χ0v) is 6.04. The van der Waals surface area contributed by atoms with Gasteiger partial charge in [0.2, 0.25) is 0 Å². The van der Waals surface area contributed by atoms with Crippen LogP contribution in [0.1, 0.15) is 0 Å². The highest BCUT2D eigenvalue weighted by molar-refractivity contribution is 7.60. The van der Waals surface area contributed by atoms with Crippen LogP contribution in [-0.4, -0.2) is 14.7 Å². The van der Waals surface area contributed by atoms with Crippen LogP contribution in [0.3, 0.4) is 0 Å². The molecule has 0 aliphatic carbocycles. The van der Waals surface area contributed by atoms with Crippen molar-refractivity contribution in [3.05, 3.63) is 0 Å². The molecule has 0 aromatic heterocycles. The molecule has 0 aromatic carbocycles. The van der Waals surface area contributed by atoms with Crippen LogP contribution in [0, 0.1) is 0 Å². The molecule has 7 nitrogen and oxygen atoms in total. The number of hydrogen-bond acceptors (Lipinski definition) is 4. The van der Waals surface area contributed by atoms with Crippen molar-refractivity contribution in [2.45, 2.75) is 0 Å². The summed E-state index contributed by atoms with van der Waals surface area (Å²) in [7, 11) is -10.4. The fourth-order valence-corrected chi connectivity index (χ4v) is 1.32. The van der Waals surface area contributed by atoms with Gasteiger partial charge >= 0.3 is 15.6 Å². The van der Waals surface area contributed by atoms with Crippen LogP contribution >= 0.6 is 15.6 Å². The summed E-state index contributed by atoms with van der Waals surface area (Å²) >= 11 is 0. The third kappa shape index (κ3) is 5.01. The molecule has 0 bridgehead atoms. The van der Waals surface area contributed by atoms with E-state index in [4.69, 9.17) is 14.7 Å². The highest BCUT2D eigenvalue weighted by Gasteiger charge is 2.33. The SMILES string of the molecule is O=P(O)(O)OP(=O)(O)OF. The van der Waals surface area contributed by atoms with E-state index in [-0.39, 0.29) is 0 Å². The fraction of sp³-hybridized carbons (Fsp3) is 0. The second-order valence-corrected chi connectivity index (χ2v) is 3.82. The van der Waals surface area contributed by atoms with Crippen LogP contribution in [0.25, 0.3) is 0 Å². The van der Waals surface area contributed by atoms with Crippen molar-refractivity contribution in [1.82, 2.24) is 0 Å². The van der Waals surface area contributed by atoms with Crippen molar-refractivity contribution in [2.24, 2.45) is 0 Å². The zero-order valence-electron chi connectivity index (χ0n) is 4.25. The van der Waals surface area contributed by atoms with Crippen molar-refractivity contribution >= 4 is 15.6 Å². The predicted octanol–water partition coefficient (Wildman–Crippen LogP) is 0.0972. The van der Waals surface area contributed by atoms with Crippen molar-refractivity contribution in [2.75, 3.05) is 0 Å². The molecule has 0 saturated carbocycles. The lowest BCUT2D eigenvalue weighted by molar-refractivity contribution is -0.0384. The molecule has 0 fully saturated rings. The molecular formula is H3FO7P2. The van der Waals surface area contributed by atoms with Crippen LogP contribution in [0.2, 0.25) is 0 Å². The Hall–Kier alpha value is 0.190. The van der Waals surface area contributed by atoms with Gasteiger partial charge in [-0.1, -0.05) is 4.73 Å². The van der Waals surface area contributed by atoms with Gasteiger partial charge in [0.15, 0.2) is 0 Å². The maximum absolute atomic E-state index is 10.8. The summed E-state index contributed by atoms with van der Waals surface area (Å²) < 4.78 is 35.5. The lowest BCUT2D eigenvalue weighted by atomic mass is 15.6. The molecule has 0 aromatic rings. The van der Waals surface area contributed by atoms with E-state index in [0.717, 1.165) is 0 Å². The minimum absolute atomic E-state index is 2.21. The first-order valence-corrected chi connectivity index (χ1v) is 4.69. The van der Waals surface area contributed by atoms with Crippen LogP contribution in [0.4, 0.5) is 4.53 Å². The summed E-state index contributed by atoms with van der Waals surface area (Å²) in [5.41, 5.74) is 0. The first-order valence-electron chi connectivity index (χ1n) is 1.67. The molecule has 10 heavy (non-hydrogen) atoms. The van der Waals surface area contributed by atoms with E-state index in [0.29, 0.717) is 0 Å². The van der Waals surface area contributed by atoms with Gasteiger partial charge in [-0.15, -0.1) is 0 Å². The first-order chi connectivity index (χ1) is 4.27. The maximum atomic E-state index is 10.8. The normalized spacial score (nSPS) is 18.4. The lowest BCUT2D eigenvalue weighted by Gasteiger charge is -2.05. The minimum Gasteiger partial charge on any atom is -0.302 e. The predicted molar refractivity (Wildman–Crippen MR) is 25.1 cm³/mol. The number of phosphoric acid groups is 2. The van der Waals surface area contributed by atoms with E-state index in [1.54, 1.807) is 0 Å². The van der Waals surface area contributed by atoms with Crippen LogP contribution in [-0.2, 0) is 18.2 Å². The Morgan fingerprint density at radius 2 is 1.60 bits per heavy atom. The summed E-state index contributed by atoms with van der Waals surface area (Å²) in [5.74, 6) is 0. The summed E-state index contributed by atoms with van der Waals surface area (Å²) in [6, 6.07) is 0. The van der Waals surface area contributed by atoms with Crippen molar-refractivity contribution in [3.8, 4) is 0 Å². The first kappa shape index (κ1) is 10.2. The van der Waals surface area contributed by atoms with E-state index in [1.165, 1.54) is 0 Å². The molecule has 0 amide bonds. The molecule has 0 rings (SSSR count). The molecule has 1 atom stereocenters. The minimum atomic E-state index is -5.22. The monoisotopic (exact) mass is 196 g/mol. The van der Waals surface area contributed by atoms with Crippen molar-refractivity contribution in [1.29, 1.82) is 0 Å². The van der Waals surface area contributed by atoms with Gasteiger partial charge in [0.05, 0.1) is 0 Å². The molecule has 1 unspecified atom stereocenters. The fourth-order valence-electron chi connectivity index (χ4n) is 0.147. The molecule has 10 heteroatoms. The third-order valence-corrected chi connectivity index (χ3v) is 2.15. The average molecular weight is 196 g/mol. The Kier molecular flexibility index (Phi) is 3.12. The van der Waals surface area contributed by atoms with Gasteiger partial charge in [-0.3, -0.25) is 0 Å². The zero-order chi connectivity index (χ0) is 8.41. The molecule has 0 aliphatic heterocycles. The Morgan fingerprint density at radius 1 is 1.20 bits per heavy atom. The van der Waals surface area contributed by atoms with E-state index in [9.17, 15) is 13.7 Å². The van der Waals surface area contributed by atoms with Crippen LogP contribution in [0.15, 0.2) is 0 Å². The average Bonchev–Trinajstić information content (AvgIpc) is 1.60. The van der Waals surface area contributed by atoms with Gasteiger partial charge in [-0.05, 0) is 4.53 Å². The molecule has 0 spiro atoms. The summed E-state index contributed by atoms with van der Waals surface area (Å²) in [6.45, 7) is 0. The lowest BCUT2D eigenvalue weighted by Crippen LogP contribution is -1.86. The molecule has 0 heterocycles. The van der Waals surface area contributed by atoms with Crippen LogP contribution < -0.4 is 0 Å². The van der Waals surface area contributed by atoms with Gasteiger partial charge in [0.1, 0.15) is 0 Å². The van der Waals surface area contributed by atoms with E-state index < -0.39 is 15.6 Å². The number of rotatable bonds is 3. The molecular weight excluding hydrogens is 193 g/mol. The number of hydrogen-bond donors (Lipinski definition) is 3.